The van der Waals surface area contributed by atoms with E-state index in [9.17, 15) is 23.1 Å². The van der Waals surface area contributed by atoms with Crippen molar-refractivity contribution in [3.05, 3.63) is 0 Å². The van der Waals surface area contributed by atoms with Gasteiger partial charge in [-0.15, -0.1) is 0 Å². The maximum Gasteiger partial charge on any atom is 0.389 e. The van der Waals surface area contributed by atoms with Crippen LogP contribution in [0.2, 0.25) is 0 Å². The molecule has 0 aromatic carbocycles. The SMILES string of the molecule is O=C(O)C1(CCCC(F)(F)F)CC2CCC1O2. The van der Waals surface area contributed by atoms with Crippen LogP contribution in [0, 0.1) is 5.41 Å². The van der Waals surface area contributed by atoms with E-state index >= 15 is 0 Å². The number of carbonyl (C=O) groups is 1. The summed E-state index contributed by atoms with van der Waals surface area (Å²) >= 11 is 0. The van der Waals surface area contributed by atoms with E-state index in [0.29, 0.717) is 12.8 Å². The number of carboxylic acids is 1. The number of halogens is 3. The van der Waals surface area contributed by atoms with Crippen molar-refractivity contribution in [1.82, 2.24) is 0 Å². The number of hydrogen-bond donors (Lipinski definition) is 1. The molecule has 3 unspecified atom stereocenters. The highest BCUT2D eigenvalue weighted by Crippen LogP contribution is 2.51. The van der Waals surface area contributed by atoms with Crippen LogP contribution in [0.1, 0.15) is 38.5 Å². The van der Waals surface area contributed by atoms with E-state index in [4.69, 9.17) is 4.74 Å². The molecule has 6 heteroatoms. The monoisotopic (exact) mass is 252 g/mol. The highest BCUT2D eigenvalue weighted by Gasteiger charge is 2.56. The minimum atomic E-state index is -4.21. The lowest BCUT2D eigenvalue weighted by Crippen LogP contribution is -2.40. The fourth-order valence-electron chi connectivity index (χ4n) is 3.00. The smallest absolute Gasteiger partial charge is 0.389 e. The van der Waals surface area contributed by atoms with Gasteiger partial charge in [-0.3, -0.25) is 4.79 Å². The molecule has 0 aromatic heterocycles. The lowest BCUT2D eigenvalue weighted by atomic mass is 9.71. The summed E-state index contributed by atoms with van der Waals surface area (Å²) in [5.41, 5.74) is -1.08. The van der Waals surface area contributed by atoms with Gasteiger partial charge in [-0.05, 0) is 32.1 Å². The Morgan fingerprint density at radius 2 is 2.12 bits per heavy atom. The zero-order chi connectivity index (χ0) is 12.7. The van der Waals surface area contributed by atoms with Crippen molar-refractivity contribution in [3.63, 3.8) is 0 Å². The van der Waals surface area contributed by atoms with Crippen LogP contribution in [0.5, 0.6) is 0 Å². The summed E-state index contributed by atoms with van der Waals surface area (Å²) < 4.78 is 41.7. The van der Waals surface area contributed by atoms with E-state index in [1.165, 1.54) is 0 Å². The van der Waals surface area contributed by atoms with Gasteiger partial charge in [0.1, 0.15) is 0 Å². The third kappa shape index (κ3) is 2.41. The number of carboxylic acid groups (broad SMARTS) is 1. The van der Waals surface area contributed by atoms with Crippen LogP contribution < -0.4 is 0 Å². The van der Waals surface area contributed by atoms with E-state index in [0.717, 1.165) is 6.42 Å². The highest BCUT2D eigenvalue weighted by atomic mass is 19.4. The second-order valence-corrected chi connectivity index (χ2v) is 4.96. The maximum atomic E-state index is 12.1. The molecule has 3 nitrogen and oxygen atoms in total. The van der Waals surface area contributed by atoms with Gasteiger partial charge in [0.05, 0.1) is 17.6 Å². The Morgan fingerprint density at radius 1 is 1.41 bits per heavy atom. The molecule has 2 aliphatic rings. The molecular formula is C11H15F3O3. The molecule has 0 aromatic rings. The number of aliphatic carboxylic acids is 1. The lowest BCUT2D eigenvalue weighted by Gasteiger charge is -2.31. The van der Waals surface area contributed by atoms with Crippen LogP contribution in [-0.4, -0.2) is 29.5 Å². The van der Waals surface area contributed by atoms with Gasteiger partial charge in [-0.2, -0.15) is 13.2 Å². The molecule has 0 amide bonds. The van der Waals surface area contributed by atoms with Crippen molar-refractivity contribution in [1.29, 1.82) is 0 Å². The summed E-state index contributed by atoms with van der Waals surface area (Å²) in [6.07, 6.45) is -3.81. The molecule has 98 valence electrons. The molecule has 2 fully saturated rings. The summed E-state index contributed by atoms with van der Waals surface area (Å²) in [5, 5.41) is 9.25. The zero-order valence-corrected chi connectivity index (χ0v) is 9.29. The quantitative estimate of drug-likeness (QED) is 0.836. The van der Waals surface area contributed by atoms with Crippen molar-refractivity contribution < 1.29 is 27.8 Å². The normalized spacial score (nSPS) is 36.4. The Kier molecular flexibility index (Phi) is 3.10. The predicted molar refractivity (Wildman–Crippen MR) is 52.5 cm³/mol. The number of fused-ring (bicyclic) bond motifs is 2. The van der Waals surface area contributed by atoms with Crippen molar-refractivity contribution in [2.45, 2.75) is 56.9 Å². The maximum absolute atomic E-state index is 12.1. The Balaban J connectivity index is 1.97. The first-order valence-electron chi connectivity index (χ1n) is 5.79. The number of alkyl halides is 3. The summed E-state index contributed by atoms with van der Waals surface area (Å²) in [4.78, 5) is 11.3. The Labute approximate surface area is 96.9 Å². The van der Waals surface area contributed by atoms with Crippen LogP contribution in [0.15, 0.2) is 0 Å². The minimum Gasteiger partial charge on any atom is -0.481 e. The summed E-state index contributed by atoms with van der Waals surface area (Å²) in [5.74, 6) is -1.01. The molecule has 0 saturated carbocycles. The van der Waals surface area contributed by atoms with Crippen molar-refractivity contribution in [2.24, 2.45) is 5.41 Å². The molecule has 2 rings (SSSR count). The standard InChI is InChI=1S/C11H15F3O3/c12-11(13,14)5-1-4-10(9(15)16)6-7-2-3-8(10)17-7/h7-8H,1-6H2,(H,15,16). The van der Waals surface area contributed by atoms with Gasteiger partial charge in [0.25, 0.3) is 0 Å². The largest absolute Gasteiger partial charge is 0.481 e. The van der Waals surface area contributed by atoms with Gasteiger partial charge in [0.2, 0.25) is 0 Å². The van der Waals surface area contributed by atoms with Gasteiger partial charge in [0, 0.05) is 6.42 Å². The Hall–Kier alpha value is -0.780. The number of ether oxygens (including phenoxy) is 1. The second-order valence-electron chi connectivity index (χ2n) is 4.96. The van der Waals surface area contributed by atoms with Gasteiger partial charge in [0.15, 0.2) is 0 Å². The van der Waals surface area contributed by atoms with Crippen molar-refractivity contribution in [2.75, 3.05) is 0 Å². The van der Waals surface area contributed by atoms with Gasteiger partial charge in [-0.1, -0.05) is 0 Å². The summed E-state index contributed by atoms with van der Waals surface area (Å²) in [7, 11) is 0. The molecule has 1 N–H and O–H groups in total. The van der Waals surface area contributed by atoms with E-state index in [1.807, 2.05) is 0 Å². The number of hydrogen-bond acceptors (Lipinski definition) is 2. The first kappa shape index (κ1) is 12.7. The molecule has 2 aliphatic heterocycles. The Bertz CT molecular complexity index is 316. The van der Waals surface area contributed by atoms with E-state index in [2.05, 4.69) is 0 Å². The molecule has 0 spiro atoms. The van der Waals surface area contributed by atoms with Gasteiger partial charge in [-0.25, -0.2) is 0 Å². The zero-order valence-electron chi connectivity index (χ0n) is 9.29. The van der Waals surface area contributed by atoms with Crippen LogP contribution in [0.3, 0.4) is 0 Å². The number of rotatable bonds is 4. The summed E-state index contributed by atoms with van der Waals surface area (Å²) in [6, 6.07) is 0. The minimum absolute atomic E-state index is 0.0585. The molecule has 17 heavy (non-hydrogen) atoms. The fraction of sp³-hybridized carbons (Fsp3) is 0.909. The second kappa shape index (κ2) is 4.15. The van der Waals surface area contributed by atoms with E-state index in [1.54, 1.807) is 0 Å². The third-order valence-electron chi connectivity index (χ3n) is 3.82. The van der Waals surface area contributed by atoms with Gasteiger partial charge >= 0.3 is 12.1 Å². The van der Waals surface area contributed by atoms with Gasteiger partial charge < -0.3 is 9.84 Å². The topological polar surface area (TPSA) is 46.5 Å². The predicted octanol–water partition coefficient (Wildman–Crippen LogP) is 2.74. The molecule has 2 bridgehead atoms. The molecular weight excluding hydrogens is 237 g/mol. The fourth-order valence-corrected chi connectivity index (χ4v) is 3.00. The molecule has 0 radical (unpaired) electrons. The van der Waals surface area contributed by atoms with Crippen LogP contribution in [0.25, 0.3) is 0 Å². The van der Waals surface area contributed by atoms with E-state index < -0.39 is 30.1 Å². The first-order chi connectivity index (χ1) is 7.83. The van der Waals surface area contributed by atoms with Crippen molar-refractivity contribution in [3.8, 4) is 0 Å². The Morgan fingerprint density at radius 3 is 2.53 bits per heavy atom. The van der Waals surface area contributed by atoms with Crippen LogP contribution >= 0.6 is 0 Å². The van der Waals surface area contributed by atoms with Crippen molar-refractivity contribution >= 4 is 5.97 Å². The van der Waals surface area contributed by atoms with Crippen LogP contribution in [0.4, 0.5) is 13.2 Å². The third-order valence-corrected chi connectivity index (χ3v) is 3.82. The first-order valence-corrected chi connectivity index (χ1v) is 5.79. The average Bonchev–Trinajstić information content (AvgIpc) is 2.75. The van der Waals surface area contributed by atoms with Crippen LogP contribution in [-0.2, 0) is 9.53 Å². The molecule has 2 heterocycles. The molecule has 0 aliphatic carbocycles. The summed E-state index contributed by atoms with van der Waals surface area (Å²) in [6.45, 7) is 0. The average molecular weight is 252 g/mol. The lowest BCUT2D eigenvalue weighted by molar-refractivity contribution is -0.156. The molecule has 3 atom stereocenters. The molecule has 2 saturated heterocycles. The highest BCUT2D eigenvalue weighted by molar-refractivity contribution is 5.76. The van der Waals surface area contributed by atoms with E-state index in [-0.39, 0.29) is 18.9 Å².